The van der Waals surface area contributed by atoms with E-state index in [2.05, 4.69) is 67.1 Å². The Bertz CT molecular complexity index is 1310. The van der Waals surface area contributed by atoms with Crippen LogP contribution in [0.25, 0.3) is 39.1 Å². The average Bonchev–Trinajstić information content (AvgIpc) is 3.31. The van der Waals surface area contributed by atoms with Gasteiger partial charge in [-0.1, -0.05) is 18.2 Å². The number of pyridine rings is 2. The molecule has 0 fully saturated rings. The Morgan fingerprint density at radius 3 is 2.65 bits per heavy atom. The molecule has 0 unspecified atom stereocenters. The van der Waals surface area contributed by atoms with Crippen LogP contribution in [0.2, 0.25) is 0 Å². The zero-order chi connectivity index (χ0) is 17.3. The summed E-state index contributed by atoms with van der Waals surface area (Å²) >= 11 is 0. The molecule has 5 heteroatoms. The highest BCUT2D eigenvalue weighted by Gasteiger charge is 2.35. The number of nitrogens with zero attached hydrogens (tertiary/aromatic N) is 5. The summed E-state index contributed by atoms with van der Waals surface area (Å²) in [6, 6.07) is 14.7. The van der Waals surface area contributed by atoms with Crippen molar-refractivity contribution in [2.45, 2.75) is 6.54 Å². The molecule has 26 heavy (non-hydrogen) atoms. The fourth-order valence-corrected chi connectivity index (χ4v) is 4.33. The van der Waals surface area contributed by atoms with Gasteiger partial charge in [0, 0.05) is 24.2 Å². The molecule has 0 aliphatic carbocycles. The Morgan fingerprint density at radius 1 is 0.962 bits per heavy atom. The summed E-state index contributed by atoms with van der Waals surface area (Å²) in [5, 5.41) is 1.22. The number of hydrogen-bond acceptors (Lipinski definition) is 2. The highest BCUT2D eigenvalue weighted by atomic mass is 15.2. The first-order valence-corrected chi connectivity index (χ1v) is 8.70. The van der Waals surface area contributed by atoms with Crippen molar-refractivity contribution in [3.63, 3.8) is 0 Å². The van der Waals surface area contributed by atoms with Crippen LogP contribution in [0.1, 0.15) is 5.56 Å². The summed E-state index contributed by atoms with van der Waals surface area (Å²) in [6.45, 7) is 0.853. The molecule has 5 nitrogen and oxygen atoms in total. The van der Waals surface area contributed by atoms with Crippen molar-refractivity contribution < 1.29 is 4.57 Å². The lowest BCUT2D eigenvalue weighted by Gasteiger charge is -2.03. The zero-order valence-electron chi connectivity index (χ0n) is 14.3. The zero-order valence-corrected chi connectivity index (χ0v) is 14.3. The molecule has 4 aromatic heterocycles. The van der Waals surface area contributed by atoms with Crippen LogP contribution in [0.3, 0.4) is 0 Å². The van der Waals surface area contributed by atoms with Crippen molar-refractivity contribution in [3.05, 3.63) is 72.8 Å². The molecular formula is C21H16N5+. The smallest absolute Gasteiger partial charge is 0.264 e. The minimum atomic E-state index is 0.853. The van der Waals surface area contributed by atoms with Crippen LogP contribution < -0.4 is 4.57 Å². The maximum atomic E-state index is 4.39. The van der Waals surface area contributed by atoms with Crippen molar-refractivity contribution in [2.75, 3.05) is 0 Å². The van der Waals surface area contributed by atoms with Gasteiger partial charge in [-0.15, -0.1) is 0 Å². The first-order valence-electron chi connectivity index (χ1n) is 8.70. The lowest BCUT2D eigenvalue weighted by Crippen LogP contribution is -2.31. The van der Waals surface area contributed by atoms with Crippen LogP contribution in [-0.4, -0.2) is 19.1 Å². The molecule has 124 valence electrons. The molecule has 0 spiro atoms. The van der Waals surface area contributed by atoms with E-state index in [0.717, 1.165) is 17.7 Å². The van der Waals surface area contributed by atoms with Gasteiger partial charge in [0.2, 0.25) is 5.82 Å². The first-order chi connectivity index (χ1) is 12.8. The third-order valence-corrected chi connectivity index (χ3v) is 5.37. The quantitative estimate of drug-likeness (QED) is 0.432. The summed E-state index contributed by atoms with van der Waals surface area (Å²) in [5.41, 5.74) is 7.26. The highest BCUT2D eigenvalue weighted by Crippen LogP contribution is 2.38. The van der Waals surface area contributed by atoms with Gasteiger partial charge in [0.1, 0.15) is 11.2 Å². The van der Waals surface area contributed by atoms with Gasteiger partial charge in [-0.05, 0) is 24.3 Å². The monoisotopic (exact) mass is 338 g/mol. The summed E-state index contributed by atoms with van der Waals surface area (Å²) in [5.74, 6) is 1.23. The van der Waals surface area contributed by atoms with Crippen LogP contribution in [0.5, 0.6) is 0 Å². The number of fused-ring (bicyclic) bond motifs is 7. The van der Waals surface area contributed by atoms with E-state index in [1.807, 2.05) is 30.9 Å². The second-order valence-corrected chi connectivity index (χ2v) is 6.74. The molecule has 1 aromatic carbocycles. The predicted molar refractivity (Wildman–Crippen MR) is 100 cm³/mol. The van der Waals surface area contributed by atoms with E-state index in [4.69, 9.17) is 0 Å². The minimum absolute atomic E-state index is 0.853. The lowest BCUT2D eigenvalue weighted by atomic mass is 10.2. The van der Waals surface area contributed by atoms with E-state index in [1.165, 1.54) is 33.5 Å². The molecule has 0 atom stereocenters. The molecule has 0 saturated carbocycles. The van der Waals surface area contributed by atoms with Crippen LogP contribution >= 0.6 is 0 Å². The Labute approximate surface area is 149 Å². The van der Waals surface area contributed by atoms with Gasteiger partial charge in [-0.25, -0.2) is 13.7 Å². The van der Waals surface area contributed by atoms with E-state index < -0.39 is 0 Å². The van der Waals surface area contributed by atoms with E-state index >= 15 is 0 Å². The Kier molecular flexibility index (Phi) is 2.54. The van der Waals surface area contributed by atoms with Crippen molar-refractivity contribution in [3.8, 4) is 17.1 Å². The van der Waals surface area contributed by atoms with E-state index in [9.17, 15) is 0 Å². The first kappa shape index (κ1) is 13.8. The third-order valence-electron chi connectivity index (χ3n) is 5.37. The van der Waals surface area contributed by atoms with Gasteiger partial charge < -0.3 is 0 Å². The number of aryl methyl sites for hydroxylation is 1. The molecule has 5 aromatic rings. The van der Waals surface area contributed by atoms with Gasteiger partial charge in [0.25, 0.3) is 5.65 Å². The molecule has 0 N–H and O–H groups in total. The van der Waals surface area contributed by atoms with E-state index in [0.29, 0.717) is 0 Å². The van der Waals surface area contributed by atoms with Crippen LogP contribution in [-0.2, 0) is 13.6 Å². The number of imidazole rings is 1. The number of rotatable bonds is 1. The SMILES string of the molecule is C[n+]1c2n(c3c4ccncc4n(-c4ccccc4)c31)Cc1cnccc1-2. The second kappa shape index (κ2) is 4.79. The van der Waals surface area contributed by atoms with E-state index in [-0.39, 0.29) is 0 Å². The average molecular weight is 338 g/mol. The molecule has 0 saturated heterocycles. The maximum Gasteiger partial charge on any atom is 0.274 e. The van der Waals surface area contributed by atoms with Gasteiger partial charge in [-0.3, -0.25) is 9.97 Å². The summed E-state index contributed by atoms with van der Waals surface area (Å²) in [7, 11) is 2.15. The highest BCUT2D eigenvalue weighted by molar-refractivity contribution is 6.06. The third kappa shape index (κ3) is 1.57. The van der Waals surface area contributed by atoms with Crippen LogP contribution in [0.4, 0.5) is 0 Å². The van der Waals surface area contributed by atoms with Crippen molar-refractivity contribution in [1.82, 2.24) is 19.1 Å². The van der Waals surface area contributed by atoms with Crippen LogP contribution in [0.15, 0.2) is 67.3 Å². The molecule has 0 amide bonds. The second-order valence-electron chi connectivity index (χ2n) is 6.74. The summed E-state index contributed by atoms with van der Waals surface area (Å²) < 4.78 is 7.02. The normalized spacial score (nSPS) is 12.7. The van der Waals surface area contributed by atoms with Crippen molar-refractivity contribution in [1.29, 1.82) is 0 Å². The van der Waals surface area contributed by atoms with Crippen LogP contribution in [0, 0.1) is 0 Å². The maximum absolute atomic E-state index is 4.39. The van der Waals surface area contributed by atoms with Crippen molar-refractivity contribution >= 4 is 22.1 Å². The molecule has 0 bridgehead atoms. The summed E-state index contributed by atoms with van der Waals surface area (Å²) in [4.78, 5) is 8.69. The van der Waals surface area contributed by atoms with Gasteiger partial charge in [0.05, 0.1) is 30.7 Å². The van der Waals surface area contributed by atoms with Crippen molar-refractivity contribution in [2.24, 2.45) is 7.05 Å². The van der Waals surface area contributed by atoms with Gasteiger partial charge >= 0.3 is 0 Å². The van der Waals surface area contributed by atoms with Gasteiger partial charge in [0.15, 0.2) is 5.52 Å². The topological polar surface area (TPSA) is 39.5 Å². The molecule has 5 heterocycles. The van der Waals surface area contributed by atoms with E-state index in [1.54, 1.807) is 0 Å². The molecule has 1 aliphatic rings. The predicted octanol–water partition coefficient (Wildman–Crippen LogP) is 3.23. The Hall–Kier alpha value is -3.47. The standard InChI is InChI=1S/C21H16N5/c1-24-20-16-7-9-22-11-14(16)13-25(20)19-17-8-10-23-12-18(17)26(21(19)24)15-5-3-2-4-6-15/h2-12H,13H2,1H3/q+1. The minimum Gasteiger partial charge on any atom is -0.264 e. The lowest BCUT2D eigenvalue weighted by molar-refractivity contribution is -0.636. The molecule has 6 rings (SSSR count). The fourth-order valence-electron chi connectivity index (χ4n) is 4.33. The number of para-hydroxylation sites is 1. The fraction of sp³-hybridized carbons (Fsp3) is 0.0952. The Morgan fingerprint density at radius 2 is 1.77 bits per heavy atom. The molecule has 0 radical (unpaired) electrons. The number of hydrogen-bond donors (Lipinski definition) is 0. The number of benzene rings is 1. The largest absolute Gasteiger partial charge is 0.274 e. The van der Waals surface area contributed by atoms with Gasteiger partial charge in [-0.2, -0.15) is 0 Å². The summed E-state index contributed by atoms with van der Waals surface area (Å²) in [6.07, 6.45) is 7.69. The number of aromatic nitrogens is 5. The molecule has 1 aliphatic heterocycles. The molecular weight excluding hydrogens is 322 g/mol. The Balaban J connectivity index is 1.83.